The lowest BCUT2D eigenvalue weighted by atomic mass is 10.1. The molecule has 0 bridgehead atoms. The van der Waals surface area contributed by atoms with E-state index in [0.717, 1.165) is 23.2 Å². The van der Waals surface area contributed by atoms with Crippen molar-refractivity contribution in [2.45, 2.75) is 31.9 Å². The summed E-state index contributed by atoms with van der Waals surface area (Å²) in [5.74, 6) is 0.840. The van der Waals surface area contributed by atoms with E-state index in [0.29, 0.717) is 24.6 Å². The first-order valence-corrected chi connectivity index (χ1v) is 9.87. The van der Waals surface area contributed by atoms with Gasteiger partial charge in [-0.05, 0) is 49.4 Å². The number of thiophene rings is 1. The fourth-order valence-electron chi connectivity index (χ4n) is 2.78. The average molecular weight is 364 g/mol. The highest BCUT2D eigenvalue weighted by Crippen LogP contribution is 2.32. The van der Waals surface area contributed by atoms with Crippen LogP contribution in [0.5, 0.6) is 0 Å². The number of aromatic nitrogens is 1. The third kappa shape index (κ3) is 2.42. The van der Waals surface area contributed by atoms with Crippen molar-refractivity contribution in [1.29, 1.82) is 0 Å². The van der Waals surface area contributed by atoms with Crippen LogP contribution < -0.4 is 0 Å². The molecular formula is C16H16N2O4S2. The van der Waals surface area contributed by atoms with Crippen LogP contribution in [0, 0.1) is 13.8 Å². The van der Waals surface area contributed by atoms with Crippen LogP contribution in [0.2, 0.25) is 0 Å². The number of aryl methyl sites for hydroxylation is 1. The van der Waals surface area contributed by atoms with Crippen molar-refractivity contribution in [3.8, 4) is 11.5 Å². The molecule has 3 aromatic rings. The lowest BCUT2D eigenvalue weighted by Crippen LogP contribution is -2.35. The largest absolute Gasteiger partial charge is 0.440 e. The first kappa shape index (κ1) is 15.6. The van der Waals surface area contributed by atoms with Gasteiger partial charge in [0.25, 0.3) is 10.0 Å². The van der Waals surface area contributed by atoms with E-state index in [4.69, 9.17) is 8.94 Å². The summed E-state index contributed by atoms with van der Waals surface area (Å²) < 4.78 is 38.0. The molecule has 0 spiro atoms. The van der Waals surface area contributed by atoms with E-state index >= 15 is 0 Å². The summed E-state index contributed by atoms with van der Waals surface area (Å²) in [5.41, 5.74) is 2.67. The molecule has 0 N–H and O–H groups in total. The molecule has 6 nitrogen and oxygen atoms in total. The van der Waals surface area contributed by atoms with Gasteiger partial charge in [0.05, 0.1) is 5.69 Å². The first-order valence-electron chi connectivity index (χ1n) is 7.55. The normalized spacial score (nSPS) is 15.6. The topological polar surface area (TPSA) is 76.6 Å². The second kappa shape index (κ2) is 5.58. The lowest BCUT2D eigenvalue weighted by Gasteiger charge is -2.25. The maximum Gasteiger partial charge on any atom is 0.276 e. The molecule has 0 aromatic carbocycles. The Morgan fingerprint density at radius 2 is 2.08 bits per heavy atom. The predicted molar refractivity (Wildman–Crippen MR) is 89.3 cm³/mol. The third-order valence-electron chi connectivity index (χ3n) is 4.33. The van der Waals surface area contributed by atoms with Crippen LogP contribution in [0.4, 0.5) is 0 Å². The van der Waals surface area contributed by atoms with Crippen LogP contribution in [-0.2, 0) is 23.0 Å². The van der Waals surface area contributed by atoms with E-state index in [-0.39, 0.29) is 5.09 Å². The van der Waals surface area contributed by atoms with E-state index in [9.17, 15) is 8.42 Å². The van der Waals surface area contributed by atoms with Gasteiger partial charge in [0.2, 0.25) is 10.9 Å². The molecule has 1 aliphatic rings. The molecule has 0 atom stereocenters. The Morgan fingerprint density at radius 3 is 2.83 bits per heavy atom. The summed E-state index contributed by atoms with van der Waals surface area (Å²) in [6.45, 7) is 4.54. The molecule has 0 fully saturated rings. The fourth-order valence-corrected chi connectivity index (χ4v) is 5.00. The Kier molecular flexibility index (Phi) is 3.63. The Labute approximate surface area is 143 Å². The minimum Gasteiger partial charge on any atom is -0.440 e. The van der Waals surface area contributed by atoms with Crippen molar-refractivity contribution in [2.75, 3.05) is 6.54 Å². The van der Waals surface area contributed by atoms with Gasteiger partial charge in [-0.3, -0.25) is 0 Å². The molecule has 0 unspecified atom stereocenters. The molecule has 0 saturated heterocycles. The molecule has 24 heavy (non-hydrogen) atoms. The number of fused-ring (bicyclic) bond motifs is 1. The maximum atomic E-state index is 12.8. The standard InChI is InChI=1S/C16H16N2O4S2/c1-10-11(2)17-22-16(10)13-3-4-15(21-13)24(19,20)18-7-5-14-12(9-18)6-8-23-14/h3-4,6,8H,5,7,9H2,1-2H3. The molecule has 0 amide bonds. The molecule has 3 aromatic heterocycles. The molecule has 126 valence electrons. The molecule has 0 aliphatic carbocycles. The van der Waals surface area contributed by atoms with E-state index in [2.05, 4.69) is 5.16 Å². The van der Waals surface area contributed by atoms with Gasteiger partial charge in [0.15, 0.2) is 5.76 Å². The summed E-state index contributed by atoms with van der Waals surface area (Å²) in [5, 5.41) is 5.81. The van der Waals surface area contributed by atoms with E-state index < -0.39 is 10.0 Å². The second-order valence-corrected chi connectivity index (χ2v) is 8.67. The molecule has 1 aliphatic heterocycles. The highest BCUT2D eigenvalue weighted by molar-refractivity contribution is 7.89. The zero-order valence-corrected chi connectivity index (χ0v) is 14.9. The zero-order chi connectivity index (χ0) is 16.9. The van der Waals surface area contributed by atoms with Crippen molar-refractivity contribution >= 4 is 21.4 Å². The Bertz CT molecular complexity index is 997. The molecule has 0 saturated carbocycles. The number of furan rings is 1. The second-order valence-electron chi connectivity index (χ2n) is 5.80. The van der Waals surface area contributed by atoms with Crippen molar-refractivity contribution in [2.24, 2.45) is 0 Å². The van der Waals surface area contributed by atoms with Gasteiger partial charge in [0, 0.05) is 23.5 Å². The molecule has 0 radical (unpaired) electrons. The summed E-state index contributed by atoms with van der Waals surface area (Å²) in [7, 11) is -3.67. The minimum absolute atomic E-state index is 0.0652. The van der Waals surface area contributed by atoms with Crippen LogP contribution in [0.15, 0.2) is 37.6 Å². The van der Waals surface area contributed by atoms with E-state index in [1.807, 2.05) is 25.3 Å². The number of sulfonamides is 1. The third-order valence-corrected chi connectivity index (χ3v) is 7.07. The van der Waals surface area contributed by atoms with Gasteiger partial charge in [-0.25, -0.2) is 8.42 Å². The Morgan fingerprint density at radius 1 is 1.25 bits per heavy atom. The van der Waals surface area contributed by atoms with Crippen molar-refractivity contribution in [3.63, 3.8) is 0 Å². The zero-order valence-electron chi connectivity index (χ0n) is 13.3. The van der Waals surface area contributed by atoms with Crippen molar-refractivity contribution in [3.05, 3.63) is 45.3 Å². The van der Waals surface area contributed by atoms with Crippen LogP contribution in [0.25, 0.3) is 11.5 Å². The van der Waals surface area contributed by atoms with E-state index in [1.54, 1.807) is 17.4 Å². The highest BCUT2D eigenvalue weighted by atomic mass is 32.2. The van der Waals surface area contributed by atoms with Crippen LogP contribution in [-0.4, -0.2) is 24.4 Å². The molecule has 8 heteroatoms. The summed E-state index contributed by atoms with van der Waals surface area (Å²) in [6.07, 6.45) is 0.736. The maximum absolute atomic E-state index is 12.8. The average Bonchev–Trinajstić information content (AvgIpc) is 3.28. The number of hydrogen-bond acceptors (Lipinski definition) is 6. The van der Waals surface area contributed by atoms with Gasteiger partial charge in [0.1, 0.15) is 0 Å². The van der Waals surface area contributed by atoms with Crippen LogP contribution >= 0.6 is 11.3 Å². The van der Waals surface area contributed by atoms with Crippen LogP contribution in [0.3, 0.4) is 0 Å². The first-order chi connectivity index (χ1) is 11.5. The van der Waals surface area contributed by atoms with Gasteiger partial charge >= 0.3 is 0 Å². The van der Waals surface area contributed by atoms with Gasteiger partial charge < -0.3 is 8.94 Å². The van der Waals surface area contributed by atoms with Crippen LogP contribution in [0.1, 0.15) is 21.7 Å². The number of nitrogens with zero attached hydrogens (tertiary/aromatic N) is 2. The van der Waals surface area contributed by atoms with Crippen molar-refractivity contribution in [1.82, 2.24) is 9.46 Å². The minimum atomic E-state index is -3.67. The number of hydrogen-bond donors (Lipinski definition) is 0. The lowest BCUT2D eigenvalue weighted by molar-refractivity contribution is 0.362. The number of rotatable bonds is 3. The van der Waals surface area contributed by atoms with Crippen molar-refractivity contribution < 1.29 is 17.4 Å². The highest BCUT2D eigenvalue weighted by Gasteiger charge is 2.32. The Hall–Kier alpha value is -1.90. The predicted octanol–water partition coefficient (Wildman–Crippen LogP) is 3.36. The SMILES string of the molecule is Cc1noc(-c2ccc(S(=O)(=O)N3CCc4sccc4C3)o2)c1C. The van der Waals surface area contributed by atoms with Gasteiger partial charge in [-0.15, -0.1) is 11.3 Å². The monoisotopic (exact) mass is 364 g/mol. The van der Waals surface area contributed by atoms with Gasteiger partial charge in [-0.1, -0.05) is 5.16 Å². The Balaban J connectivity index is 1.65. The van der Waals surface area contributed by atoms with Gasteiger partial charge in [-0.2, -0.15) is 4.31 Å². The summed E-state index contributed by atoms with van der Waals surface area (Å²) in [6, 6.07) is 5.07. The smallest absolute Gasteiger partial charge is 0.276 e. The fraction of sp³-hybridized carbons (Fsp3) is 0.312. The molecule has 4 rings (SSSR count). The molecule has 4 heterocycles. The van der Waals surface area contributed by atoms with E-state index in [1.165, 1.54) is 15.2 Å². The molecular weight excluding hydrogens is 348 g/mol. The summed E-state index contributed by atoms with van der Waals surface area (Å²) in [4.78, 5) is 1.26. The quantitative estimate of drug-likeness (QED) is 0.712. The summed E-state index contributed by atoms with van der Waals surface area (Å²) >= 11 is 1.67.